The van der Waals surface area contributed by atoms with E-state index in [-0.39, 0.29) is 0 Å². The lowest BCUT2D eigenvalue weighted by molar-refractivity contribution is 1.14. The Bertz CT molecular complexity index is 104. The zero-order valence-corrected chi connectivity index (χ0v) is 7.35. The molecule has 0 aliphatic rings. The van der Waals surface area contributed by atoms with Crippen LogP contribution in [0.2, 0.25) is 0 Å². The summed E-state index contributed by atoms with van der Waals surface area (Å²) in [6.45, 7) is 12.3. The quantitative estimate of drug-likeness (QED) is 0.403. The van der Waals surface area contributed by atoms with Gasteiger partial charge >= 0.3 is 0 Å². The van der Waals surface area contributed by atoms with Gasteiger partial charge < -0.3 is 0 Å². The predicted molar refractivity (Wildman–Crippen MR) is 50.1 cm³/mol. The van der Waals surface area contributed by atoms with Gasteiger partial charge in [-0.3, -0.25) is 0 Å². The van der Waals surface area contributed by atoms with Crippen LogP contribution < -0.4 is 0 Å². The second kappa shape index (κ2) is 11.1. The molecule has 0 nitrogen and oxygen atoms in total. The fourth-order valence-electron chi connectivity index (χ4n) is 0.632. The highest BCUT2D eigenvalue weighted by Crippen LogP contribution is 2.00. The molecule has 0 radical (unpaired) electrons. The van der Waals surface area contributed by atoms with Gasteiger partial charge in [0.2, 0.25) is 0 Å². The first-order chi connectivity index (χ1) is 4.85. The van der Waals surface area contributed by atoms with Crippen molar-refractivity contribution in [3.8, 4) is 0 Å². The normalized spacial score (nSPS) is 10.9. The summed E-state index contributed by atoms with van der Waals surface area (Å²) in [5, 5.41) is 0. The molecule has 0 N–H and O–H groups in total. The van der Waals surface area contributed by atoms with Gasteiger partial charge in [-0.15, -0.1) is 13.2 Å². The summed E-state index contributed by atoms with van der Waals surface area (Å²) in [6, 6.07) is 0. The zero-order valence-electron chi connectivity index (χ0n) is 7.35. The Balaban J connectivity index is 0. The number of hydrogen-bond acceptors (Lipinski definition) is 0. The molecule has 0 atom stereocenters. The van der Waals surface area contributed by atoms with E-state index in [1.807, 2.05) is 6.92 Å². The summed E-state index contributed by atoms with van der Waals surface area (Å²) in [4.78, 5) is 0. The summed E-state index contributed by atoms with van der Waals surface area (Å²) in [7, 11) is 0. The molecule has 0 fully saturated rings. The van der Waals surface area contributed by atoms with Crippen LogP contribution in [0.1, 0.15) is 27.2 Å². The maximum atomic E-state index is 3.00. The highest BCUT2D eigenvalue weighted by Gasteiger charge is 1.79. The van der Waals surface area contributed by atoms with E-state index in [2.05, 4.69) is 45.2 Å². The lowest BCUT2D eigenvalue weighted by Gasteiger charge is -1.90. The summed E-state index contributed by atoms with van der Waals surface area (Å²) >= 11 is 0. The van der Waals surface area contributed by atoms with E-state index in [9.17, 15) is 0 Å². The summed E-state index contributed by atoms with van der Waals surface area (Å²) in [6.07, 6.45) is 7.49. The van der Waals surface area contributed by atoms with Crippen LogP contribution in [0.4, 0.5) is 0 Å². The van der Waals surface area contributed by atoms with Crippen molar-refractivity contribution in [2.75, 3.05) is 0 Å². The average molecular weight is 138 g/mol. The number of allylic oxidation sites excluding steroid dienone is 4. The van der Waals surface area contributed by atoms with Gasteiger partial charge in [0, 0.05) is 0 Å². The molecule has 0 bridgehead atoms. The fourth-order valence-corrected chi connectivity index (χ4v) is 0.632. The maximum Gasteiger partial charge on any atom is -0.0311 e. The topological polar surface area (TPSA) is 0 Å². The minimum Gasteiger partial charge on any atom is -0.106 e. The molecular formula is C10H18. The lowest BCUT2D eigenvalue weighted by Crippen LogP contribution is -1.69. The molecule has 0 heterocycles. The monoisotopic (exact) mass is 138 g/mol. The lowest BCUT2D eigenvalue weighted by atomic mass is 10.2. The Kier molecular flexibility index (Phi) is 13.2. The van der Waals surface area contributed by atoms with Crippen molar-refractivity contribution in [1.29, 1.82) is 0 Å². The molecule has 58 valence electrons. The minimum atomic E-state index is 1.14. The Labute approximate surface area is 65.0 Å². The van der Waals surface area contributed by atoms with Gasteiger partial charge in [-0.25, -0.2) is 0 Å². The van der Waals surface area contributed by atoms with Crippen LogP contribution in [-0.4, -0.2) is 0 Å². The molecule has 0 unspecified atom stereocenters. The molecule has 0 aromatic carbocycles. The van der Waals surface area contributed by atoms with E-state index >= 15 is 0 Å². The van der Waals surface area contributed by atoms with E-state index < -0.39 is 0 Å². The van der Waals surface area contributed by atoms with Gasteiger partial charge in [-0.1, -0.05) is 30.7 Å². The molecular weight excluding hydrogens is 120 g/mol. The SMILES string of the molecule is C/C=C\C(=C/C)CC.C=C. The van der Waals surface area contributed by atoms with Gasteiger partial charge in [-0.2, -0.15) is 0 Å². The van der Waals surface area contributed by atoms with Crippen molar-refractivity contribution >= 4 is 0 Å². The second-order valence-electron chi connectivity index (χ2n) is 1.72. The average Bonchev–Trinajstić information content (AvgIpc) is 2.04. The number of rotatable bonds is 2. The first-order valence-electron chi connectivity index (χ1n) is 3.63. The van der Waals surface area contributed by atoms with Crippen LogP contribution in [-0.2, 0) is 0 Å². The van der Waals surface area contributed by atoms with Crippen molar-refractivity contribution in [3.05, 3.63) is 37.0 Å². The predicted octanol–water partition coefficient (Wildman–Crippen LogP) is 3.72. The van der Waals surface area contributed by atoms with Crippen LogP contribution >= 0.6 is 0 Å². The summed E-state index contributed by atoms with van der Waals surface area (Å²) < 4.78 is 0. The van der Waals surface area contributed by atoms with E-state index in [0.717, 1.165) is 6.42 Å². The highest BCUT2D eigenvalue weighted by molar-refractivity contribution is 5.16. The van der Waals surface area contributed by atoms with Gasteiger partial charge in [0.25, 0.3) is 0 Å². The summed E-state index contributed by atoms with van der Waals surface area (Å²) in [5.74, 6) is 0. The third-order valence-electron chi connectivity index (χ3n) is 1.16. The van der Waals surface area contributed by atoms with Gasteiger partial charge in [0.15, 0.2) is 0 Å². The van der Waals surface area contributed by atoms with Crippen molar-refractivity contribution < 1.29 is 0 Å². The molecule has 0 aromatic rings. The van der Waals surface area contributed by atoms with Crippen molar-refractivity contribution in [1.82, 2.24) is 0 Å². The Morgan fingerprint density at radius 1 is 1.30 bits per heavy atom. The van der Waals surface area contributed by atoms with Crippen molar-refractivity contribution in [2.24, 2.45) is 0 Å². The summed E-state index contributed by atoms with van der Waals surface area (Å²) in [5.41, 5.74) is 1.41. The van der Waals surface area contributed by atoms with Crippen LogP contribution in [0.15, 0.2) is 37.0 Å². The second-order valence-corrected chi connectivity index (χ2v) is 1.72. The molecule has 0 rings (SSSR count). The van der Waals surface area contributed by atoms with Crippen LogP contribution in [0.5, 0.6) is 0 Å². The molecule has 0 aromatic heterocycles. The Morgan fingerprint density at radius 2 is 1.80 bits per heavy atom. The Morgan fingerprint density at radius 3 is 1.90 bits per heavy atom. The van der Waals surface area contributed by atoms with E-state index in [1.165, 1.54) is 5.57 Å². The standard InChI is InChI=1S/C8H14.C2H4/c1-4-7-8(5-2)6-3;1-2/h4-5,7H,6H2,1-3H3;1-2H2/b7-4-,8-5-;. The first-order valence-corrected chi connectivity index (χ1v) is 3.63. The van der Waals surface area contributed by atoms with E-state index in [0.29, 0.717) is 0 Å². The minimum absolute atomic E-state index is 1.14. The smallest absolute Gasteiger partial charge is 0.0311 e. The highest BCUT2D eigenvalue weighted by atomic mass is 13.9. The number of hydrogen-bond donors (Lipinski definition) is 0. The third kappa shape index (κ3) is 7.22. The van der Waals surface area contributed by atoms with E-state index in [1.54, 1.807) is 0 Å². The molecule has 0 saturated carbocycles. The zero-order chi connectivity index (χ0) is 8.41. The molecule has 0 saturated heterocycles. The van der Waals surface area contributed by atoms with Gasteiger partial charge in [0.05, 0.1) is 0 Å². The van der Waals surface area contributed by atoms with Crippen molar-refractivity contribution in [2.45, 2.75) is 27.2 Å². The molecule has 0 aliphatic carbocycles. The fraction of sp³-hybridized carbons (Fsp3) is 0.400. The van der Waals surface area contributed by atoms with E-state index in [4.69, 9.17) is 0 Å². The molecule has 0 amide bonds. The molecule has 10 heavy (non-hydrogen) atoms. The maximum absolute atomic E-state index is 3.00. The molecule has 0 aliphatic heterocycles. The van der Waals surface area contributed by atoms with Crippen LogP contribution in [0.25, 0.3) is 0 Å². The third-order valence-corrected chi connectivity index (χ3v) is 1.16. The van der Waals surface area contributed by atoms with Crippen LogP contribution in [0, 0.1) is 0 Å². The Hall–Kier alpha value is -0.780. The van der Waals surface area contributed by atoms with Gasteiger partial charge in [-0.05, 0) is 20.3 Å². The largest absolute Gasteiger partial charge is 0.106 e. The first kappa shape index (κ1) is 12.0. The van der Waals surface area contributed by atoms with Crippen molar-refractivity contribution in [3.63, 3.8) is 0 Å². The van der Waals surface area contributed by atoms with Crippen LogP contribution in [0.3, 0.4) is 0 Å². The van der Waals surface area contributed by atoms with Gasteiger partial charge in [0.1, 0.15) is 0 Å². The molecule has 0 spiro atoms. The molecule has 0 heteroatoms.